The van der Waals surface area contributed by atoms with Gasteiger partial charge in [0.25, 0.3) is 10.0 Å². The zero-order valence-corrected chi connectivity index (χ0v) is 13.0. The molecule has 0 saturated carbocycles. The molecule has 0 fully saturated rings. The van der Waals surface area contributed by atoms with Crippen LogP contribution in [0.1, 0.15) is 26.7 Å². The summed E-state index contributed by atoms with van der Waals surface area (Å²) in [6, 6.07) is -0.0784. The number of nitrogens with zero attached hydrogens (tertiary/aromatic N) is 3. The van der Waals surface area contributed by atoms with Gasteiger partial charge in [0, 0.05) is 19.7 Å². The lowest BCUT2D eigenvalue weighted by atomic mass is 10.2. The van der Waals surface area contributed by atoms with Crippen LogP contribution in [0.3, 0.4) is 0 Å². The highest BCUT2D eigenvalue weighted by molar-refractivity contribution is 7.91. The summed E-state index contributed by atoms with van der Waals surface area (Å²) in [4.78, 5) is 0. The van der Waals surface area contributed by atoms with Gasteiger partial charge in [0.05, 0.1) is 6.61 Å². The number of nitrogen functional groups attached to an aromatic ring is 1. The van der Waals surface area contributed by atoms with Gasteiger partial charge in [-0.1, -0.05) is 25.2 Å². The molecule has 7 nitrogen and oxygen atoms in total. The number of hydrogen-bond donors (Lipinski definition) is 1. The number of sulfonamides is 1. The lowest BCUT2D eigenvalue weighted by Gasteiger charge is -2.28. The monoisotopic (exact) mass is 308 g/mol. The molecule has 1 rings (SSSR count). The first-order valence-corrected chi connectivity index (χ1v) is 8.32. The van der Waals surface area contributed by atoms with Crippen molar-refractivity contribution in [1.82, 2.24) is 14.5 Å². The Balaban J connectivity index is 3.07. The average molecular weight is 308 g/mol. The van der Waals surface area contributed by atoms with E-state index in [0.717, 1.165) is 24.2 Å². The number of rotatable bonds is 8. The molecule has 110 valence electrons. The van der Waals surface area contributed by atoms with Crippen molar-refractivity contribution in [3.8, 4) is 0 Å². The molecule has 0 atom stereocenters. The first kappa shape index (κ1) is 16.3. The summed E-state index contributed by atoms with van der Waals surface area (Å²) in [5.41, 5.74) is 5.45. The molecular formula is C10H20N4O3S2. The third-order valence-electron chi connectivity index (χ3n) is 2.82. The molecule has 0 saturated heterocycles. The van der Waals surface area contributed by atoms with Crippen molar-refractivity contribution in [3.05, 3.63) is 0 Å². The van der Waals surface area contributed by atoms with Gasteiger partial charge < -0.3 is 10.5 Å². The predicted molar refractivity (Wildman–Crippen MR) is 74.5 cm³/mol. The number of hydrogen-bond acceptors (Lipinski definition) is 7. The summed E-state index contributed by atoms with van der Waals surface area (Å²) in [7, 11) is -2.12. The van der Waals surface area contributed by atoms with Gasteiger partial charge in [-0.25, -0.2) is 8.42 Å². The van der Waals surface area contributed by atoms with E-state index in [0.29, 0.717) is 13.2 Å². The fourth-order valence-corrected chi connectivity index (χ4v) is 4.46. The van der Waals surface area contributed by atoms with Gasteiger partial charge >= 0.3 is 0 Å². The van der Waals surface area contributed by atoms with Crippen LogP contribution in [0, 0.1) is 0 Å². The lowest BCUT2D eigenvalue weighted by molar-refractivity contribution is 0.163. The molecule has 0 radical (unpaired) electrons. The quantitative estimate of drug-likeness (QED) is 0.767. The van der Waals surface area contributed by atoms with E-state index in [4.69, 9.17) is 10.5 Å². The number of methoxy groups -OCH3 is 1. The van der Waals surface area contributed by atoms with E-state index >= 15 is 0 Å². The molecule has 1 aromatic rings. The van der Waals surface area contributed by atoms with E-state index in [2.05, 4.69) is 10.2 Å². The Kier molecular flexibility index (Phi) is 6.11. The van der Waals surface area contributed by atoms with E-state index in [-0.39, 0.29) is 15.5 Å². The van der Waals surface area contributed by atoms with Crippen LogP contribution < -0.4 is 5.73 Å². The molecule has 9 heteroatoms. The lowest BCUT2D eigenvalue weighted by Crippen LogP contribution is -2.41. The maximum atomic E-state index is 12.5. The van der Waals surface area contributed by atoms with Gasteiger partial charge in [0.15, 0.2) is 0 Å². The molecule has 0 aromatic carbocycles. The van der Waals surface area contributed by atoms with E-state index in [1.807, 2.05) is 13.8 Å². The maximum absolute atomic E-state index is 12.5. The van der Waals surface area contributed by atoms with Crippen molar-refractivity contribution in [2.45, 2.75) is 37.1 Å². The third-order valence-corrected chi connectivity index (χ3v) is 5.87. The molecular weight excluding hydrogens is 288 g/mol. The smallest absolute Gasteiger partial charge is 0.272 e. The van der Waals surface area contributed by atoms with Crippen LogP contribution in [0.25, 0.3) is 0 Å². The molecule has 0 aliphatic heterocycles. The van der Waals surface area contributed by atoms with Crippen LogP contribution in [0.5, 0.6) is 0 Å². The highest BCUT2D eigenvalue weighted by Gasteiger charge is 2.32. The Labute approximate surface area is 117 Å². The number of nitrogens with two attached hydrogens (primary N) is 1. The normalized spacial score (nSPS) is 12.5. The fraction of sp³-hybridized carbons (Fsp3) is 0.800. The Bertz CT molecular complexity index is 485. The minimum Gasteiger partial charge on any atom is -0.383 e. The van der Waals surface area contributed by atoms with Gasteiger partial charge in [-0.15, -0.1) is 10.2 Å². The highest BCUT2D eigenvalue weighted by atomic mass is 32.2. The summed E-state index contributed by atoms with van der Waals surface area (Å²) in [5.74, 6) is 0. The summed E-state index contributed by atoms with van der Waals surface area (Å²) in [5, 5.41) is 7.35. The molecule has 1 heterocycles. The summed E-state index contributed by atoms with van der Waals surface area (Å²) in [6.07, 6.45) is 1.46. The molecule has 0 aliphatic carbocycles. The van der Waals surface area contributed by atoms with Crippen molar-refractivity contribution in [2.75, 3.05) is 26.0 Å². The average Bonchev–Trinajstić information content (AvgIpc) is 2.81. The topological polar surface area (TPSA) is 98.4 Å². The maximum Gasteiger partial charge on any atom is 0.272 e. The largest absolute Gasteiger partial charge is 0.383 e. The molecule has 1 aromatic heterocycles. The fourth-order valence-electron chi connectivity index (χ4n) is 1.80. The molecule has 0 spiro atoms. The summed E-state index contributed by atoms with van der Waals surface area (Å²) in [6.45, 7) is 4.55. The highest BCUT2D eigenvalue weighted by Crippen LogP contribution is 2.24. The van der Waals surface area contributed by atoms with Gasteiger partial charge in [-0.3, -0.25) is 0 Å². The van der Waals surface area contributed by atoms with Crippen LogP contribution >= 0.6 is 11.3 Å². The number of ether oxygens (including phenoxy) is 1. The molecule has 0 bridgehead atoms. The molecule has 0 unspecified atom stereocenters. The molecule has 0 aliphatic rings. The van der Waals surface area contributed by atoms with Crippen LogP contribution in [-0.4, -0.2) is 49.2 Å². The van der Waals surface area contributed by atoms with Crippen LogP contribution in [0.2, 0.25) is 0 Å². The molecule has 0 amide bonds. The van der Waals surface area contributed by atoms with Crippen LogP contribution in [0.15, 0.2) is 4.34 Å². The summed E-state index contributed by atoms with van der Waals surface area (Å²) >= 11 is 0.880. The Morgan fingerprint density at radius 3 is 2.42 bits per heavy atom. The summed E-state index contributed by atoms with van der Waals surface area (Å²) < 4.78 is 31.4. The second-order valence-corrected chi connectivity index (χ2v) is 7.06. The Hall–Kier alpha value is -0.770. The minimum absolute atomic E-state index is 0.0620. The third kappa shape index (κ3) is 3.85. The van der Waals surface area contributed by atoms with Gasteiger partial charge in [0.2, 0.25) is 9.47 Å². The van der Waals surface area contributed by atoms with Crippen molar-refractivity contribution >= 4 is 26.5 Å². The van der Waals surface area contributed by atoms with E-state index in [9.17, 15) is 8.42 Å². The number of anilines is 1. The van der Waals surface area contributed by atoms with Crippen molar-refractivity contribution in [1.29, 1.82) is 0 Å². The Morgan fingerprint density at radius 2 is 2.00 bits per heavy atom. The van der Waals surface area contributed by atoms with Crippen molar-refractivity contribution < 1.29 is 13.2 Å². The zero-order valence-electron chi connectivity index (χ0n) is 11.4. The predicted octanol–water partition coefficient (Wildman–Crippen LogP) is 0.946. The van der Waals surface area contributed by atoms with E-state index in [1.54, 1.807) is 7.11 Å². The Morgan fingerprint density at radius 1 is 1.37 bits per heavy atom. The first-order valence-electron chi connectivity index (χ1n) is 6.07. The standard InChI is InChI=1S/C10H20N4O3S2/c1-4-8(5-2)14(6-7-17-3)19(15,16)10-13-12-9(11)18-10/h8H,4-7H2,1-3H3,(H2,11,12). The second-order valence-electron chi connectivity index (χ2n) is 3.99. The number of aromatic nitrogens is 2. The molecule has 19 heavy (non-hydrogen) atoms. The SMILES string of the molecule is CCC(CC)N(CCOC)S(=O)(=O)c1nnc(N)s1. The van der Waals surface area contributed by atoms with Gasteiger partial charge in [-0.2, -0.15) is 4.31 Å². The van der Waals surface area contributed by atoms with E-state index < -0.39 is 10.0 Å². The molecule has 2 N–H and O–H groups in total. The van der Waals surface area contributed by atoms with Crippen molar-refractivity contribution in [3.63, 3.8) is 0 Å². The first-order chi connectivity index (χ1) is 8.97. The van der Waals surface area contributed by atoms with E-state index in [1.165, 1.54) is 4.31 Å². The van der Waals surface area contributed by atoms with Gasteiger partial charge in [0.1, 0.15) is 0 Å². The second kappa shape index (κ2) is 7.13. The van der Waals surface area contributed by atoms with Crippen LogP contribution in [0.4, 0.5) is 5.13 Å². The van der Waals surface area contributed by atoms with Crippen LogP contribution in [-0.2, 0) is 14.8 Å². The zero-order chi connectivity index (χ0) is 14.5. The van der Waals surface area contributed by atoms with Crippen molar-refractivity contribution in [2.24, 2.45) is 0 Å². The van der Waals surface area contributed by atoms with Gasteiger partial charge in [-0.05, 0) is 12.8 Å². The minimum atomic E-state index is -3.66.